The molecule has 2 aromatic rings. The van der Waals surface area contributed by atoms with Gasteiger partial charge in [-0.25, -0.2) is 18.1 Å². The summed E-state index contributed by atoms with van der Waals surface area (Å²) in [5, 5.41) is 6.71. The highest BCUT2D eigenvalue weighted by Gasteiger charge is 2.26. The first-order chi connectivity index (χ1) is 15.9. The van der Waals surface area contributed by atoms with Crippen LogP contribution in [0.25, 0.3) is 10.4 Å². The number of amides is 1. The lowest BCUT2D eigenvalue weighted by molar-refractivity contribution is -0.117. The Morgan fingerprint density at radius 1 is 1.21 bits per heavy atom. The maximum Gasteiger partial charge on any atom is 0.244 e. The summed E-state index contributed by atoms with van der Waals surface area (Å²) < 4.78 is 34.6. The highest BCUT2D eigenvalue weighted by Crippen LogP contribution is 2.37. The molecular formula is C23H32N4O4S2. The van der Waals surface area contributed by atoms with Crippen molar-refractivity contribution in [3.63, 3.8) is 0 Å². The highest BCUT2D eigenvalue weighted by molar-refractivity contribution is 7.89. The van der Waals surface area contributed by atoms with Crippen LogP contribution in [0.3, 0.4) is 0 Å². The number of piperidine rings is 1. The molecule has 10 heteroatoms. The molecule has 1 saturated carbocycles. The van der Waals surface area contributed by atoms with Gasteiger partial charge in [-0.05, 0) is 75.4 Å². The van der Waals surface area contributed by atoms with Gasteiger partial charge in [0.1, 0.15) is 10.6 Å². The van der Waals surface area contributed by atoms with E-state index in [4.69, 9.17) is 4.74 Å². The third-order valence-electron chi connectivity index (χ3n) is 6.37. The largest absolute Gasteiger partial charge is 0.495 e. The molecule has 0 bridgehead atoms. The average Bonchev–Trinajstić information content (AvgIpc) is 3.43. The lowest BCUT2D eigenvalue weighted by Crippen LogP contribution is -2.42. The Kier molecular flexibility index (Phi) is 7.68. The molecule has 2 aliphatic rings. The number of thiazole rings is 1. The molecule has 0 unspecified atom stereocenters. The van der Waals surface area contributed by atoms with E-state index < -0.39 is 10.0 Å². The number of aryl methyl sites for hydroxylation is 1. The summed E-state index contributed by atoms with van der Waals surface area (Å²) in [5.41, 5.74) is 1.48. The van der Waals surface area contributed by atoms with Crippen molar-refractivity contribution in [1.82, 2.24) is 15.0 Å². The third kappa shape index (κ3) is 5.92. The summed E-state index contributed by atoms with van der Waals surface area (Å²) in [6, 6.07) is 5.03. The van der Waals surface area contributed by atoms with Gasteiger partial charge in [0, 0.05) is 12.5 Å². The number of ether oxygens (including phenoxy) is 1. The molecule has 2 heterocycles. The number of hydrogen-bond donors (Lipinski definition) is 3. The van der Waals surface area contributed by atoms with Crippen LogP contribution in [-0.2, 0) is 14.8 Å². The van der Waals surface area contributed by atoms with E-state index in [0.717, 1.165) is 54.9 Å². The number of nitrogens with one attached hydrogen (secondary N) is 3. The molecular weight excluding hydrogens is 460 g/mol. The Balaban J connectivity index is 1.54. The molecule has 33 heavy (non-hydrogen) atoms. The van der Waals surface area contributed by atoms with Gasteiger partial charge in [0.05, 0.1) is 17.7 Å². The maximum atomic E-state index is 13.2. The standard InChI is InChI=1S/C23H32N4O4S2/c1-15-22(32-23(25-15)26-21(28)13-16-5-3-4-6-16)17-7-8-19(31-2)20(14-17)33(29,30)27-18-9-11-24-12-10-18/h7-8,14,16,18,24,27H,3-6,9-13H2,1-2H3,(H,25,26,28). The zero-order valence-electron chi connectivity index (χ0n) is 19.1. The summed E-state index contributed by atoms with van der Waals surface area (Å²) in [5.74, 6) is 0.756. The lowest BCUT2D eigenvalue weighted by atomic mass is 10.0. The number of anilines is 1. The van der Waals surface area contributed by atoms with Gasteiger partial charge in [-0.15, -0.1) is 0 Å². The van der Waals surface area contributed by atoms with Gasteiger partial charge in [0.2, 0.25) is 15.9 Å². The monoisotopic (exact) mass is 492 g/mol. The predicted octanol–water partition coefficient (Wildman–Crippen LogP) is 3.68. The number of rotatable bonds is 8. The van der Waals surface area contributed by atoms with Crippen molar-refractivity contribution in [2.24, 2.45) is 5.92 Å². The Labute approximate surface area is 199 Å². The minimum atomic E-state index is -3.76. The van der Waals surface area contributed by atoms with Crippen LogP contribution in [0.2, 0.25) is 0 Å². The van der Waals surface area contributed by atoms with Crippen LogP contribution >= 0.6 is 11.3 Å². The van der Waals surface area contributed by atoms with Crippen molar-refractivity contribution in [2.45, 2.75) is 62.8 Å². The van der Waals surface area contributed by atoms with Crippen LogP contribution in [0.15, 0.2) is 23.1 Å². The summed E-state index contributed by atoms with van der Waals surface area (Å²) in [6.07, 6.45) is 6.66. The highest BCUT2D eigenvalue weighted by atomic mass is 32.2. The van der Waals surface area contributed by atoms with E-state index in [1.807, 2.05) is 13.0 Å². The SMILES string of the molecule is COc1ccc(-c2sc(NC(=O)CC3CCCC3)nc2C)cc1S(=O)(=O)NC1CCNCC1. The molecule has 8 nitrogen and oxygen atoms in total. The number of benzene rings is 1. The van der Waals surface area contributed by atoms with Crippen LogP contribution in [0, 0.1) is 12.8 Å². The summed E-state index contributed by atoms with van der Waals surface area (Å²) in [6.45, 7) is 3.45. The minimum absolute atomic E-state index is 0.00799. The summed E-state index contributed by atoms with van der Waals surface area (Å²) >= 11 is 1.36. The molecule has 0 radical (unpaired) electrons. The van der Waals surface area contributed by atoms with Gasteiger partial charge < -0.3 is 15.4 Å². The minimum Gasteiger partial charge on any atom is -0.495 e. The van der Waals surface area contributed by atoms with E-state index >= 15 is 0 Å². The first kappa shape index (κ1) is 24.1. The van der Waals surface area contributed by atoms with Crippen molar-refractivity contribution in [1.29, 1.82) is 0 Å². The molecule has 0 spiro atoms. The van der Waals surface area contributed by atoms with E-state index in [0.29, 0.717) is 23.2 Å². The van der Waals surface area contributed by atoms with E-state index in [9.17, 15) is 13.2 Å². The number of nitrogens with zero attached hydrogens (tertiary/aromatic N) is 1. The fourth-order valence-corrected chi connectivity index (χ4v) is 7.09. The second kappa shape index (κ2) is 10.5. The number of hydrogen-bond acceptors (Lipinski definition) is 7. The van der Waals surface area contributed by atoms with Crippen LogP contribution in [-0.4, -0.2) is 45.6 Å². The lowest BCUT2D eigenvalue weighted by Gasteiger charge is -2.24. The molecule has 1 amide bonds. The summed E-state index contributed by atoms with van der Waals surface area (Å²) in [4.78, 5) is 17.9. The quantitative estimate of drug-likeness (QED) is 0.519. The van der Waals surface area contributed by atoms with Crippen molar-refractivity contribution in [2.75, 3.05) is 25.5 Å². The molecule has 1 aliphatic carbocycles. The van der Waals surface area contributed by atoms with Crippen molar-refractivity contribution in [3.8, 4) is 16.2 Å². The van der Waals surface area contributed by atoms with Crippen LogP contribution in [0.5, 0.6) is 5.75 Å². The molecule has 2 fully saturated rings. The van der Waals surface area contributed by atoms with Crippen LogP contribution in [0.1, 0.15) is 50.6 Å². The summed E-state index contributed by atoms with van der Waals surface area (Å²) in [7, 11) is -2.29. The van der Waals surface area contributed by atoms with E-state index in [-0.39, 0.29) is 16.8 Å². The normalized spacial score (nSPS) is 17.9. The van der Waals surface area contributed by atoms with E-state index in [2.05, 4.69) is 20.3 Å². The zero-order valence-corrected chi connectivity index (χ0v) is 20.8. The molecule has 1 aromatic carbocycles. The number of methoxy groups -OCH3 is 1. The fourth-order valence-electron chi connectivity index (χ4n) is 4.62. The Morgan fingerprint density at radius 2 is 1.94 bits per heavy atom. The Morgan fingerprint density at radius 3 is 2.64 bits per heavy atom. The smallest absolute Gasteiger partial charge is 0.244 e. The maximum absolute atomic E-state index is 13.2. The topological polar surface area (TPSA) is 109 Å². The van der Waals surface area contributed by atoms with E-state index in [1.165, 1.54) is 31.3 Å². The molecule has 3 N–H and O–H groups in total. The second-order valence-corrected chi connectivity index (χ2v) is 11.5. The number of aromatic nitrogens is 1. The van der Waals surface area contributed by atoms with E-state index in [1.54, 1.807) is 12.1 Å². The zero-order chi connectivity index (χ0) is 23.4. The van der Waals surface area contributed by atoms with Gasteiger partial charge >= 0.3 is 0 Å². The van der Waals surface area contributed by atoms with Crippen LogP contribution in [0.4, 0.5) is 5.13 Å². The van der Waals surface area contributed by atoms with Gasteiger partial charge in [-0.1, -0.05) is 24.2 Å². The molecule has 1 aliphatic heterocycles. The number of carbonyl (C=O) groups is 1. The fraction of sp³-hybridized carbons (Fsp3) is 0.565. The molecule has 0 atom stereocenters. The Bertz CT molecular complexity index is 1090. The van der Waals surface area contributed by atoms with Crippen molar-refractivity contribution in [3.05, 3.63) is 23.9 Å². The van der Waals surface area contributed by atoms with Gasteiger partial charge in [-0.3, -0.25) is 4.79 Å². The van der Waals surface area contributed by atoms with Gasteiger partial charge in [-0.2, -0.15) is 0 Å². The van der Waals surface area contributed by atoms with Crippen molar-refractivity contribution < 1.29 is 17.9 Å². The first-order valence-electron chi connectivity index (χ1n) is 11.5. The van der Waals surface area contributed by atoms with Crippen LogP contribution < -0.4 is 20.1 Å². The molecule has 1 saturated heterocycles. The third-order valence-corrected chi connectivity index (χ3v) is 9.03. The average molecular weight is 493 g/mol. The Hall–Kier alpha value is -2.01. The molecule has 180 valence electrons. The molecule has 4 rings (SSSR count). The first-order valence-corrected chi connectivity index (χ1v) is 13.8. The number of carbonyl (C=O) groups excluding carboxylic acids is 1. The predicted molar refractivity (Wildman–Crippen MR) is 130 cm³/mol. The second-order valence-electron chi connectivity index (χ2n) is 8.85. The number of sulfonamides is 1. The van der Waals surface area contributed by atoms with Gasteiger partial charge in [0.25, 0.3) is 0 Å². The van der Waals surface area contributed by atoms with Crippen molar-refractivity contribution >= 4 is 32.4 Å². The molecule has 1 aromatic heterocycles. The van der Waals surface area contributed by atoms with Gasteiger partial charge in [0.15, 0.2) is 5.13 Å².